The molecule has 1 heterocycles. The molecule has 4 nitrogen and oxygen atoms in total. The van der Waals surface area contributed by atoms with Crippen LogP contribution in [0.15, 0.2) is 28.8 Å². The highest BCUT2D eigenvalue weighted by molar-refractivity contribution is 5.54. The summed E-state index contributed by atoms with van der Waals surface area (Å²) in [6, 6.07) is 6.22. The third kappa shape index (κ3) is 2.34. The Kier molecular flexibility index (Phi) is 3.19. The second-order valence-corrected chi connectivity index (χ2v) is 4.08. The van der Waals surface area contributed by atoms with Crippen molar-refractivity contribution < 1.29 is 8.91 Å². The van der Waals surface area contributed by atoms with Gasteiger partial charge in [-0.25, -0.2) is 4.39 Å². The molecule has 1 aromatic carbocycles. The molecule has 0 amide bonds. The Morgan fingerprint density at radius 1 is 1.29 bits per heavy atom. The maximum absolute atomic E-state index is 13.5. The molecule has 0 saturated heterocycles. The fraction of sp³-hybridized carbons (Fsp3) is 0.333. The molecule has 0 spiro atoms. The molecule has 90 valence electrons. The molecule has 0 saturated carbocycles. The molecule has 5 heteroatoms. The number of halogens is 1. The molecule has 2 aromatic rings. The zero-order chi connectivity index (χ0) is 12.4. The lowest BCUT2D eigenvalue weighted by Gasteiger charge is -2.09. The third-order valence-electron chi connectivity index (χ3n) is 2.73. The van der Waals surface area contributed by atoms with Crippen LogP contribution in [0, 0.1) is 5.82 Å². The Hall–Kier alpha value is -1.75. The second-order valence-electron chi connectivity index (χ2n) is 4.08. The zero-order valence-electron chi connectivity index (χ0n) is 9.72. The molecular formula is C12H14FN3O. The average Bonchev–Trinajstić information content (AvgIpc) is 2.77. The lowest BCUT2D eigenvalue weighted by molar-refractivity contribution is 0.346. The van der Waals surface area contributed by atoms with Gasteiger partial charge in [0.1, 0.15) is 5.82 Å². The van der Waals surface area contributed by atoms with Crippen LogP contribution in [0.1, 0.15) is 25.7 Å². The molecular weight excluding hydrogens is 221 g/mol. The van der Waals surface area contributed by atoms with E-state index in [0.717, 1.165) is 0 Å². The fourth-order valence-corrected chi connectivity index (χ4v) is 1.40. The zero-order valence-corrected chi connectivity index (χ0v) is 9.72. The first kappa shape index (κ1) is 11.7. The summed E-state index contributed by atoms with van der Waals surface area (Å²) in [7, 11) is 0. The highest BCUT2D eigenvalue weighted by Crippen LogP contribution is 2.22. The number of benzene rings is 1. The summed E-state index contributed by atoms with van der Waals surface area (Å²) in [5, 5.41) is 3.77. The highest BCUT2D eigenvalue weighted by Gasteiger charge is 2.19. The summed E-state index contributed by atoms with van der Waals surface area (Å²) >= 11 is 0. The minimum absolute atomic E-state index is 0.0528. The van der Waals surface area contributed by atoms with Crippen LogP contribution in [0.5, 0.6) is 0 Å². The molecule has 2 atom stereocenters. The normalized spacial score (nSPS) is 14.6. The molecule has 0 aliphatic carbocycles. The van der Waals surface area contributed by atoms with E-state index >= 15 is 0 Å². The number of nitrogens with zero attached hydrogens (tertiary/aromatic N) is 2. The minimum Gasteiger partial charge on any atom is -0.339 e. The molecule has 0 radical (unpaired) electrons. The summed E-state index contributed by atoms with van der Waals surface area (Å²) in [6.45, 7) is 3.75. The van der Waals surface area contributed by atoms with E-state index in [4.69, 9.17) is 10.3 Å². The number of hydrogen-bond donors (Lipinski definition) is 1. The van der Waals surface area contributed by atoms with Crippen LogP contribution in [0.2, 0.25) is 0 Å². The van der Waals surface area contributed by atoms with Crippen LogP contribution in [-0.2, 0) is 0 Å². The Morgan fingerprint density at radius 2 is 2.00 bits per heavy atom. The molecule has 0 aliphatic heterocycles. The van der Waals surface area contributed by atoms with Crippen LogP contribution >= 0.6 is 0 Å². The molecule has 0 aliphatic rings. The van der Waals surface area contributed by atoms with Gasteiger partial charge in [-0.3, -0.25) is 0 Å². The summed E-state index contributed by atoms with van der Waals surface area (Å²) in [6.07, 6.45) is 0. The van der Waals surface area contributed by atoms with Crippen molar-refractivity contribution in [3.63, 3.8) is 0 Å². The molecule has 2 N–H and O–H groups in total. The number of aromatic nitrogens is 2. The van der Waals surface area contributed by atoms with Crippen molar-refractivity contribution in [3.8, 4) is 11.4 Å². The average molecular weight is 235 g/mol. The van der Waals surface area contributed by atoms with Gasteiger partial charge in [0, 0.05) is 6.04 Å². The smallest absolute Gasteiger partial charge is 0.231 e. The first-order valence-corrected chi connectivity index (χ1v) is 5.43. The van der Waals surface area contributed by atoms with E-state index in [2.05, 4.69) is 10.1 Å². The monoisotopic (exact) mass is 235 g/mol. The fourth-order valence-electron chi connectivity index (χ4n) is 1.40. The van der Waals surface area contributed by atoms with E-state index in [1.165, 1.54) is 6.07 Å². The van der Waals surface area contributed by atoms with E-state index < -0.39 is 0 Å². The van der Waals surface area contributed by atoms with Gasteiger partial charge in [-0.05, 0) is 19.1 Å². The van der Waals surface area contributed by atoms with Gasteiger partial charge in [0.05, 0.1) is 11.5 Å². The number of hydrogen-bond acceptors (Lipinski definition) is 4. The predicted molar refractivity (Wildman–Crippen MR) is 61.8 cm³/mol. The van der Waals surface area contributed by atoms with Crippen molar-refractivity contribution >= 4 is 0 Å². The summed E-state index contributed by atoms with van der Waals surface area (Å²) in [5.74, 6) is 0.264. The van der Waals surface area contributed by atoms with Crippen LogP contribution in [0.4, 0.5) is 4.39 Å². The van der Waals surface area contributed by atoms with Gasteiger partial charge < -0.3 is 10.3 Å². The topological polar surface area (TPSA) is 64.9 Å². The predicted octanol–water partition coefficient (Wildman–Crippen LogP) is 2.33. The summed E-state index contributed by atoms with van der Waals surface area (Å²) in [5.41, 5.74) is 6.08. The van der Waals surface area contributed by atoms with Gasteiger partial charge in [0.2, 0.25) is 11.7 Å². The first-order chi connectivity index (χ1) is 8.09. The lowest BCUT2D eigenvalue weighted by atomic mass is 10.1. The summed E-state index contributed by atoms with van der Waals surface area (Å²) < 4.78 is 18.6. The Bertz CT molecular complexity index is 510. The third-order valence-corrected chi connectivity index (χ3v) is 2.73. The van der Waals surface area contributed by atoms with E-state index in [1.54, 1.807) is 18.2 Å². The Balaban J connectivity index is 2.34. The second kappa shape index (κ2) is 4.63. The van der Waals surface area contributed by atoms with Crippen molar-refractivity contribution in [2.45, 2.75) is 25.8 Å². The van der Waals surface area contributed by atoms with Crippen LogP contribution < -0.4 is 5.73 Å². The van der Waals surface area contributed by atoms with Crippen molar-refractivity contribution in [3.05, 3.63) is 36.0 Å². The molecule has 1 aromatic heterocycles. The molecule has 2 unspecified atom stereocenters. The first-order valence-electron chi connectivity index (χ1n) is 5.43. The highest BCUT2D eigenvalue weighted by atomic mass is 19.1. The molecule has 2 rings (SSSR count). The van der Waals surface area contributed by atoms with Gasteiger partial charge >= 0.3 is 0 Å². The Morgan fingerprint density at radius 3 is 2.65 bits per heavy atom. The van der Waals surface area contributed by atoms with E-state index in [9.17, 15) is 4.39 Å². The molecule has 0 fully saturated rings. The summed E-state index contributed by atoms with van der Waals surface area (Å²) in [4.78, 5) is 4.16. The van der Waals surface area contributed by atoms with E-state index in [1.807, 2.05) is 13.8 Å². The maximum Gasteiger partial charge on any atom is 0.231 e. The minimum atomic E-state index is -0.367. The number of rotatable bonds is 3. The van der Waals surface area contributed by atoms with Gasteiger partial charge in [-0.2, -0.15) is 4.98 Å². The van der Waals surface area contributed by atoms with Crippen molar-refractivity contribution in [2.24, 2.45) is 5.73 Å². The van der Waals surface area contributed by atoms with Gasteiger partial charge in [-0.15, -0.1) is 0 Å². The van der Waals surface area contributed by atoms with Crippen molar-refractivity contribution in [1.82, 2.24) is 10.1 Å². The van der Waals surface area contributed by atoms with E-state index in [0.29, 0.717) is 11.5 Å². The van der Waals surface area contributed by atoms with Gasteiger partial charge in [0.25, 0.3) is 0 Å². The standard InChI is InChI=1S/C12H14FN3O/c1-7(8(2)14)12-15-11(16-17-12)9-5-3-4-6-10(9)13/h3-8H,14H2,1-2H3. The number of nitrogens with two attached hydrogens (primary N) is 1. The molecule has 17 heavy (non-hydrogen) atoms. The van der Waals surface area contributed by atoms with E-state index in [-0.39, 0.29) is 23.6 Å². The van der Waals surface area contributed by atoms with Crippen LogP contribution in [0.3, 0.4) is 0 Å². The van der Waals surface area contributed by atoms with Gasteiger partial charge in [0.15, 0.2) is 0 Å². The molecule has 0 bridgehead atoms. The maximum atomic E-state index is 13.5. The SMILES string of the molecule is CC(N)C(C)c1nc(-c2ccccc2F)no1. The lowest BCUT2D eigenvalue weighted by Crippen LogP contribution is -2.22. The van der Waals surface area contributed by atoms with Crippen LogP contribution in [0.25, 0.3) is 11.4 Å². The van der Waals surface area contributed by atoms with Gasteiger partial charge in [-0.1, -0.05) is 24.2 Å². The largest absolute Gasteiger partial charge is 0.339 e. The van der Waals surface area contributed by atoms with Crippen molar-refractivity contribution in [1.29, 1.82) is 0 Å². The quantitative estimate of drug-likeness (QED) is 0.886. The van der Waals surface area contributed by atoms with Crippen molar-refractivity contribution in [2.75, 3.05) is 0 Å². The van der Waals surface area contributed by atoms with Crippen LogP contribution in [-0.4, -0.2) is 16.2 Å². The Labute approximate surface area is 98.6 Å².